The molecule has 0 aliphatic heterocycles. The molecule has 0 bridgehead atoms. The summed E-state index contributed by atoms with van der Waals surface area (Å²) in [5, 5.41) is 0. The minimum atomic E-state index is -3.81. The highest BCUT2D eigenvalue weighted by Crippen LogP contribution is 2.26. The Morgan fingerprint density at radius 2 is 0.600 bits per heavy atom. The van der Waals surface area contributed by atoms with Crippen molar-refractivity contribution in [1.82, 2.24) is 0 Å². The lowest BCUT2D eigenvalue weighted by atomic mass is 11.0. The Morgan fingerprint density at radius 3 is 0.600 bits per heavy atom. The molecular formula is C4H21AlO6P2S2. The van der Waals surface area contributed by atoms with Crippen LogP contribution in [0.1, 0.15) is 27.7 Å². The Kier molecular flexibility index (Phi) is 36.0. The lowest BCUT2D eigenvalue weighted by Gasteiger charge is -1.88. The first-order valence-corrected chi connectivity index (χ1v) is 8.89. The predicted molar refractivity (Wildman–Crippen MR) is 74.5 cm³/mol. The van der Waals surface area contributed by atoms with Crippen molar-refractivity contribution >= 4 is 54.4 Å². The van der Waals surface area contributed by atoms with Gasteiger partial charge in [-0.25, -0.2) is 0 Å². The lowest BCUT2D eigenvalue weighted by molar-refractivity contribution is 0.361. The first-order chi connectivity index (χ1) is 6.00. The van der Waals surface area contributed by atoms with Gasteiger partial charge in [0.2, 0.25) is 0 Å². The van der Waals surface area contributed by atoms with Crippen molar-refractivity contribution in [3.63, 3.8) is 0 Å². The Labute approximate surface area is 111 Å². The first kappa shape index (κ1) is 30.0. The average molecular weight is 318 g/mol. The van der Waals surface area contributed by atoms with Crippen LogP contribution in [0, 0.1) is 0 Å². The Hall–Kier alpha value is 1.59. The highest BCUT2D eigenvalue weighted by atomic mass is 32.5. The summed E-state index contributed by atoms with van der Waals surface area (Å²) in [4.78, 5) is 45.3. The van der Waals surface area contributed by atoms with Crippen LogP contribution in [0.2, 0.25) is 0 Å². The third-order valence-corrected chi connectivity index (χ3v) is 0. The van der Waals surface area contributed by atoms with E-state index in [0.717, 1.165) is 0 Å². The predicted octanol–water partition coefficient (Wildman–Crippen LogP) is -0.756. The Bertz CT molecular complexity index is 143. The van der Waals surface area contributed by atoms with E-state index in [9.17, 15) is 0 Å². The molecule has 0 fully saturated rings. The zero-order chi connectivity index (χ0) is 13.0. The van der Waals surface area contributed by atoms with Crippen molar-refractivity contribution in [3.8, 4) is 0 Å². The van der Waals surface area contributed by atoms with Crippen molar-refractivity contribution < 1.29 is 29.4 Å². The fourth-order valence-corrected chi connectivity index (χ4v) is 0. The molecule has 0 radical (unpaired) electrons. The maximum atomic E-state index is 7.56. The van der Waals surface area contributed by atoms with Crippen molar-refractivity contribution in [3.05, 3.63) is 0 Å². The summed E-state index contributed by atoms with van der Waals surface area (Å²) in [6, 6.07) is 0. The number of hydrogen-bond donors (Lipinski definition) is 6. The van der Waals surface area contributed by atoms with E-state index < -0.39 is 13.4 Å². The molecule has 0 rings (SSSR count). The van der Waals surface area contributed by atoms with Gasteiger partial charge in [-0.2, -0.15) is 0 Å². The van der Waals surface area contributed by atoms with E-state index in [2.05, 4.69) is 23.6 Å². The molecule has 0 amide bonds. The summed E-state index contributed by atoms with van der Waals surface area (Å²) in [5.74, 6) is 0. The molecule has 0 heterocycles. The number of rotatable bonds is 0. The van der Waals surface area contributed by atoms with Gasteiger partial charge in [0.15, 0.2) is 17.4 Å². The van der Waals surface area contributed by atoms with E-state index in [1.54, 1.807) is 0 Å². The molecule has 0 aromatic rings. The van der Waals surface area contributed by atoms with Crippen LogP contribution in [0.15, 0.2) is 0 Å². The molecule has 15 heavy (non-hydrogen) atoms. The van der Waals surface area contributed by atoms with Gasteiger partial charge in [-0.1, -0.05) is 27.7 Å². The molecule has 0 aromatic heterocycles. The van der Waals surface area contributed by atoms with Crippen molar-refractivity contribution in [2.45, 2.75) is 27.7 Å². The maximum Gasteiger partial charge on any atom is 0.319 e. The second kappa shape index (κ2) is 18.0. The molecule has 0 saturated heterocycles. The van der Waals surface area contributed by atoms with Gasteiger partial charge in [-0.3, -0.25) is 0 Å². The summed E-state index contributed by atoms with van der Waals surface area (Å²) in [6.45, 7) is 0.389. The summed E-state index contributed by atoms with van der Waals surface area (Å²) in [5.41, 5.74) is 0. The largest absolute Gasteiger partial charge is 0.325 e. The zero-order valence-electron chi connectivity index (χ0n) is 8.39. The summed E-state index contributed by atoms with van der Waals surface area (Å²) < 4.78 is 0. The van der Waals surface area contributed by atoms with E-state index in [1.165, 1.54) is 0 Å². The Balaban J connectivity index is -0.0000000318. The van der Waals surface area contributed by atoms with Crippen LogP contribution in [0.5, 0.6) is 0 Å². The van der Waals surface area contributed by atoms with Crippen LogP contribution >= 0.6 is 13.4 Å². The maximum absolute atomic E-state index is 7.56. The molecule has 98 valence electrons. The Morgan fingerprint density at radius 1 is 0.600 bits per heavy atom. The molecule has 6 N–H and O–H groups in total. The van der Waals surface area contributed by atoms with Crippen LogP contribution in [0.3, 0.4) is 0 Å². The van der Waals surface area contributed by atoms with Gasteiger partial charge in [0.1, 0.15) is 0 Å². The van der Waals surface area contributed by atoms with Crippen molar-refractivity contribution in [1.29, 1.82) is 0 Å². The van der Waals surface area contributed by atoms with Gasteiger partial charge in [0.25, 0.3) is 0 Å². The van der Waals surface area contributed by atoms with Crippen LogP contribution in [-0.2, 0) is 23.6 Å². The van der Waals surface area contributed by atoms with Crippen LogP contribution in [0.4, 0.5) is 0 Å². The second-order valence-electron chi connectivity index (χ2n) is 1.03. The summed E-state index contributed by atoms with van der Waals surface area (Å²) in [7, 11) is 0. The van der Waals surface area contributed by atoms with Gasteiger partial charge in [-0.05, 0) is 23.6 Å². The quantitative estimate of drug-likeness (QED) is 0.255. The van der Waals surface area contributed by atoms with Gasteiger partial charge in [0, 0.05) is 0 Å². The van der Waals surface area contributed by atoms with Crippen LogP contribution in [-0.4, -0.2) is 46.7 Å². The van der Waals surface area contributed by atoms with Crippen molar-refractivity contribution in [2.24, 2.45) is 0 Å². The molecular weight excluding hydrogens is 297 g/mol. The fraction of sp³-hybridized carbons (Fsp3) is 1.00. The van der Waals surface area contributed by atoms with Crippen molar-refractivity contribution in [2.75, 3.05) is 0 Å². The van der Waals surface area contributed by atoms with Crippen LogP contribution < -0.4 is 0 Å². The SMILES string of the molecule is CC.CC.OP(O)(O)=S.OP(O)(O)=S.[AlH3]. The third kappa shape index (κ3) is 1140. The lowest BCUT2D eigenvalue weighted by Crippen LogP contribution is -1.65. The van der Waals surface area contributed by atoms with Gasteiger partial charge >= 0.3 is 13.4 Å². The topological polar surface area (TPSA) is 121 Å². The second-order valence-corrected chi connectivity index (χ2v) is 6.02. The molecule has 0 atom stereocenters. The molecule has 0 aliphatic rings. The van der Waals surface area contributed by atoms with Gasteiger partial charge in [0.05, 0.1) is 0 Å². The summed E-state index contributed by atoms with van der Waals surface area (Å²) in [6.07, 6.45) is 0. The summed E-state index contributed by atoms with van der Waals surface area (Å²) >= 11 is 7.21. The molecule has 0 spiro atoms. The van der Waals surface area contributed by atoms with Gasteiger partial charge < -0.3 is 29.4 Å². The van der Waals surface area contributed by atoms with E-state index in [0.29, 0.717) is 0 Å². The normalized spacial score (nSPS) is 8.67. The van der Waals surface area contributed by atoms with E-state index >= 15 is 0 Å². The fourth-order valence-electron chi connectivity index (χ4n) is 0. The highest BCUT2D eigenvalue weighted by Gasteiger charge is 1.92. The molecule has 0 aliphatic carbocycles. The first-order valence-electron chi connectivity index (χ1n) is 3.57. The minimum absolute atomic E-state index is 0. The van der Waals surface area contributed by atoms with E-state index in [-0.39, 0.29) is 17.4 Å². The zero-order valence-corrected chi connectivity index (χ0v) is 11.8. The molecule has 6 nitrogen and oxygen atoms in total. The van der Waals surface area contributed by atoms with Crippen LogP contribution in [0.25, 0.3) is 0 Å². The average Bonchev–Trinajstić information content (AvgIpc) is 1.88. The molecule has 0 saturated carbocycles. The monoisotopic (exact) mass is 318 g/mol. The van der Waals surface area contributed by atoms with Gasteiger partial charge in [-0.15, -0.1) is 0 Å². The number of hydrogen-bond acceptors (Lipinski definition) is 2. The smallest absolute Gasteiger partial charge is 0.319 e. The highest BCUT2D eigenvalue weighted by molar-refractivity contribution is 8.06. The van der Waals surface area contributed by atoms with E-state index in [4.69, 9.17) is 29.4 Å². The minimum Gasteiger partial charge on any atom is -0.325 e. The molecule has 11 heteroatoms. The standard InChI is InChI=1S/2C2H6.Al.2H3O3PS.3H/c2*1-2;;2*1-4(2,3)5;;;/h2*1-2H3;;2*(H3,1,2,3,5);;;. The van der Waals surface area contributed by atoms with E-state index in [1.807, 2.05) is 27.7 Å². The third-order valence-electron chi connectivity index (χ3n) is 0. The molecule has 0 aromatic carbocycles. The molecule has 0 unspecified atom stereocenters.